The molecule has 0 aromatic carbocycles. The standard InChI is InChI=1S/C6H2Br2N2O2/c7-4(11)3-1-9-6(5(8)12)10-2-3/h1-2H. The minimum Gasteiger partial charge on any atom is -0.281 e. The molecule has 1 aromatic rings. The number of hydrogen-bond donors (Lipinski definition) is 0. The van der Waals surface area contributed by atoms with Crippen molar-refractivity contribution in [3.63, 3.8) is 0 Å². The van der Waals surface area contributed by atoms with Gasteiger partial charge in [0.15, 0.2) is 0 Å². The average molecular weight is 294 g/mol. The van der Waals surface area contributed by atoms with E-state index in [9.17, 15) is 9.59 Å². The van der Waals surface area contributed by atoms with E-state index in [0.29, 0.717) is 5.56 Å². The summed E-state index contributed by atoms with van der Waals surface area (Å²) >= 11 is 5.41. The summed E-state index contributed by atoms with van der Waals surface area (Å²) < 4.78 is -0.716. The van der Waals surface area contributed by atoms with Crippen LogP contribution in [0.2, 0.25) is 0 Å². The summed E-state index contributed by atoms with van der Waals surface area (Å²) in [5.74, 6) is 0.0347. The zero-order valence-electron chi connectivity index (χ0n) is 5.62. The number of nitrogens with zero attached hydrogens (tertiary/aromatic N) is 2. The molecule has 1 aromatic heterocycles. The van der Waals surface area contributed by atoms with Crippen molar-refractivity contribution in [1.82, 2.24) is 9.97 Å². The molecule has 4 nitrogen and oxygen atoms in total. The van der Waals surface area contributed by atoms with Crippen molar-refractivity contribution >= 4 is 41.2 Å². The third-order valence-corrected chi connectivity index (χ3v) is 1.87. The molecule has 0 radical (unpaired) electrons. The minimum absolute atomic E-state index is 0.0347. The quantitative estimate of drug-likeness (QED) is 0.776. The molecule has 1 rings (SSSR count). The smallest absolute Gasteiger partial charge is 0.265 e. The minimum atomic E-state index is -0.406. The van der Waals surface area contributed by atoms with Gasteiger partial charge in [-0.1, -0.05) is 0 Å². The van der Waals surface area contributed by atoms with Crippen molar-refractivity contribution in [3.05, 3.63) is 23.8 Å². The third-order valence-electron chi connectivity index (χ3n) is 1.05. The molecule has 0 fully saturated rings. The first-order valence-corrected chi connectivity index (χ1v) is 4.41. The van der Waals surface area contributed by atoms with Crippen molar-refractivity contribution in [2.24, 2.45) is 0 Å². The molecule has 0 saturated heterocycles. The van der Waals surface area contributed by atoms with Crippen LogP contribution in [0, 0.1) is 0 Å². The Morgan fingerprint density at radius 3 is 1.92 bits per heavy atom. The summed E-state index contributed by atoms with van der Waals surface area (Å²) in [6.45, 7) is 0. The van der Waals surface area contributed by atoms with Gasteiger partial charge >= 0.3 is 0 Å². The van der Waals surface area contributed by atoms with Gasteiger partial charge in [-0.15, -0.1) is 0 Å². The van der Waals surface area contributed by atoms with Crippen LogP contribution >= 0.6 is 31.9 Å². The molecule has 0 aliphatic carbocycles. The number of carbonyl (C=O) groups is 2. The zero-order valence-corrected chi connectivity index (χ0v) is 8.79. The van der Waals surface area contributed by atoms with Gasteiger partial charge in [0.25, 0.3) is 4.69 Å². The highest BCUT2D eigenvalue weighted by Gasteiger charge is 2.06. The van der Waals surface area contributed by atoms with Gasteiger partial charge < -0.3 is 0 Å². The maximum Gasteiger partial charge on any atom is 0.265 e. The molecule has 6 heteroatoms. The Kier molecular flexibility index (Phi) is 3.05. The molecule has 0 atom stereocenters. The second kappa shape index (κ2) is 3.86. The fourth-order valence-corrected chi connectivity index (χ4v) is 0.941. The first-order chi connectivity index (χ1) is 5.61. The predicted molar refractivity (Wildman–Crippen MR) is 48.5 cm³/mol. The van der Waals surface area contributed by atoms with Gasteiger partial charge in [0.2, 0.25) is 10.5 Å². The van der Waals surface area contributed by atoms with Crippen molar-refractivity contribution < 1.29 is 9.59 Å². The van der Waals surface area contributed by atoms with Gasteiger partial charge in [0.05, 0.1) is 5.56 Å². The lowest BCUT2D eigenvalue weighted by Crippen LogP contribution is -2.00. The predicted octanol–water partition coefficient (Wildman–Crippen LogP) is 1.55. The number of hydrogen-bond acceptors (Lipinski definition) is 4. The van der Waals surface area contributed by atoms with Crippen LogP contribution in [0.25, 0.3) is 0 Å². The molecule has 0 spiro atoms. The van der Waals surface area contributed by atoms with Crippen LogP contribution in [0.5, 0.6) is 0 Å². The van der Waals surface area contributed by atoms with Gasteiger partial charge in [-0.05, 0) is 15.9 Å². The van der Waals surface area contributed by atoms with E-state index in [2.05, 4.69) is 41.8 Å². The maximum atomic E-state index is 10.7. The summed E-state index contributed by atoms with van der Waals surface area (Å²) in [5.41, 5.74) is 0.313. The summed E-state index contributed by atoms with van der Waals surface area (Å²) in [6.07, 6.45) is 2.55. The summed E-state index contributed by atoms with van der Waals surface area (Å²) in [6, 6.07) is 0. The number of aromatic nitrogens is 2. The van der Waals surface area contributed by atoms with Gasteiger partial charge in [-0.25, -0.2) is 9.97 Å². The Balaban J connectivity index is 3.01. The lowest BCUT2D eigenvalue weighted by molar-refractivity contribution is 0.107. The van der Waals surface area contributed by atoms with E-state index in [1.54, 1.807) is 0 Å². The number of halogens is 2. The SMILES string of the molecule is O=C(Br)c1cnc(C(=O)Br)nc1. The van der Waals surface area contributed by atoms with Crippen LogP contribution in [0.1, 0.15) is 21.0 Å². The molecule has 0 N–H and O–H groups in total. The highest BCUT2D eigenvalue weighted by Crippen LogP contribution is 2.04. The first kappa shape index (κ1) is 9.47. The number of carbonyl (C=O) groups excluding carboxylic acids is 2. The van der Waals surface area contributed by atoms with E-state index in [4.69, 9.17) is 0 Å². The highest BCUT2D eigenvalue weighted by molar-refractivity contribution is 9.18. The largest absolute Gasteiger partial charge is 0.281 e. The zero-order chi connectivity index (χ0) is 9.14. The molecule has 0 aliphatic rings. The molecular weight excluding hydrogens is 292 g/mol. The van der Waals surface area contributed by atoms with Crippen molar-refractivity contribution in [3.8, 4) is 0 Å². The van der Waals surface area contributed by atoms with E-state index in [0.717, 1.165) is 0 Å². The monoisotopic (exact) mass is 292 g/mol. The lowest BCUT2D eigenvalue weighted by atomic mass is 10.4. The Hall–Kier alpha value is -0.620. The summed E-state index contributed by atoms with van der Waals surface area (Å²) in [7, 11) is 0. The van der Waals surface area contributed by atoms with Crippen molar-refractivity contribution in [2.45, 2.75) is 0 Å². The van der Waals surface area contributed by atoms with Crippen molar-refractivity contribution in [1.29, 1.82) is 0 Å². The van der Waals surface area contributed by atoms with Crippen LogP contribution < -0.4 is 0 Å². The van der Waals surface area contributed by atoms with E-state index >= 15 is 0 Å². The molecular formula is C6H2Br2N2O2. The Labute approximate surface area is 84.7 Å². The first-order valence-electron chi connectivity index (χ1n) is 2.83. The van der Waals surface area contributed by atoms with E-state index in [1.807, 2.05) is 0 Å². The molecule has 0 aliphatic heterocycles. The topological polar surface area (TPSA) is 59.9 Å². The van der Waals surface area contributed by atoms with Crippen LogP contribution in [0.15, 0.2) is 12.4 Å². The molecule has 0 saturated carbocycles. The molecule has 1 heterocycles. The van der Waals surface area contributed by atoms with Crippen molar-refractivity contribution in [2.75, 3.05) is 0 Å². The molecule has 12 heavy (non-hydrogen) atoms. The van der Waals surface area contributed by atoms with E-state index in [1.165, 1.54) is 12.4 Å². The average Bonchev–Trinajstić information content (AvgIpc) is 2.04. The molecule has 0 bridgehead atoms. The Morgan fingerprint density at radius 2 is 1.58 bits per heavy atom. The third kappa shape index (κ3) is 2.18. The van der Waals surface area contributed by atoms with Crippen LogP contribution in [-0.2, 0) is 0 Å². The van der Waals surface area contributed by atoms with E-state index < -0.39 is 4.69 Å². The lowest BCUT2D eigenvalue weighted by Gasteiger charge is -1.93. The highest BCUT2D eigenvalue weighted by atomic mass is 79.9. The summed E-state index contributed by atoms with van der Waals surface area (Å²) in [4.78, 5) is 28.6. The van der Waals surface area contributed by atoms with Crippen LogP contribution in [-0.4, -0.2) is 19.4 Å². The fraction of sp³-hybridized carbons (Fsp3) is 0. The Bertz CT molecular complexity index is 290. The van der Waals surface area contributed by atoms with Gasteiger partial charge in [-0.2, -0.15) is 0 Å². The van der Waals surface area contributed by atoms with Gasteiger partial charge in [-0.3, -0.25) is 9.59 Å². The van der Waals surface area contributed by atoms with Gasteiger partial charge in [0, 0.05) is 28.3 Å². The van der Waals surface area contributed by atoms with Gasteiger partial charge in [0.1, 0.15) is 0 Å². The Morgan fingerprint density at radius 1 is 1.08 bits per heavy atom. The molecule has 0 amide bonds. The maximum absolute atomic E-state index is 10.7. The van der Waals surface area contributed by atoms with Crippen LogP contribution in [0.4, 0.5) is 0 Å². The van der Waals surface area contributed by atoms with E-state index in [-0.39, 0.29) is 10.5 Å². The second-order valence-electron chi connectivity index (χ2n) is 1.84. The number of rotatable bonds is 2. The molecule has 0 unspecified atom stereocenters. The normalized spacial score (nSPS) is 9.50. The summed E-state index contributed by atoms with van der Waals surface area (Å²) in [5, 5.41) is 0. The fourth-order valence-electron chi connectivity index (χ4n) is 0.531. The molecule has 62 valence electrons. The second-order valence-corrected chi connectivity index (χ2v) is 3.28. The van der Waals surface area contributed by atoms with Crippen LogP contribution in [0.3, 0.4) is 0 Å².